The molecule has 1 aliphatic heterocycles. The molecule has 0 saturated carbocycles. The first-order valence-corrected chi connectivity index (χ1v) is 7.03. The van der Waals surface area contributed by atoms with Crippen LogP contribution in [0.3, 0.4) is 0 Å². The number of nitrogens with zero attached hydrogens (tertiary/aromatic N) is 2. The van der Waals surface area contributed by atoms with Crippen LogP contribution in [0, 0.1) is 0 Å². The molecule has 0 bridgehead atoms. The van der Waals surface area contributed by atoms with Gasteiger partial charge in [-0.15, -0.1) is 18.3 Å². The van der Waals surface area contributed by atoms with E-state index in [1.54, 1.807) is 0 Å². The molecule has 2 heterocycles. The fraction of sp³-hybridized carbons (Fsp3) is 0.357. The Morgan fingerprint density at radius 2 is 2.17 bits per heavy atom. The van der Waals surface area contributed by atoms with Crippen molar-refractivity contribution in [1.82, 2.24) is 10.2 Å². The smallest absolute Gasteiger partial charge is 0.406 e. The molecule has 1 fully saturated rings. The number of aromatic nitrogens is 2. The summed E-state index contributed by atoms with van der Waals surface area (Å²) >= 11 is 0. The Morgan fingerprint density at radius 1 is 1.33 bits per heavy atom. The maximum absolute atomic E-state index is 12.2. The number of carbonyl (C=O) groups is 1. The molecule has 10 heteroatoms. The first kappa shape index (κ1) is 16.2. The Bertz CT molecular complexity index is 726. The van der Waals surface area contributed by atoms with E-state index in [9.17, 15) is 18.0 Å². The lowest BCUT2D eigenvalue weighted by atomic mass is 10.2. The van der Waals surface area contributed by atoms with Gasteiger partial charge in [0.25, 0.3) is 5.91 Å². The molecule has 0 aliphatic carbocycles. The van der Waals surface area contributed by atoms with Crippen LogP contribution in [0.15, 0.2) is 28.7 Å². The van der Waals surface area contributed by atoms with Gasteiger partial charge in [-0.2, -0.15) is 0 Å². The summed E-state index contributed by atoms with van der Waals surface area (Å²) in [6.07, 6.45) is -3.52. The SMILES string of the molecule is O=C(Nc1nnc(C2CCCO2)o1)c1cccc(OC(F)(F)F)c1. The highest BCUT2D eigenvalue weighted by atomic mass is 19.4. The van der Waals surface area contributed by atoms with Crippen LogP contribution in [0.2, 0.25) is 0 Å². The van der Waals surface area contributed by atoms with E-state index < -0.39 is 18.0 Å². The molecule has 7 nitrogen and oxygen atoms in total. The maximum atomic E-state index is 12.2. The summed E-state index contributed by atoms with van der Waals surface area (Å²) in [7, 11) is 0. The lowest BCUT2D eigenvalue weighted by Crippen LogP contribution is -2.18. The van der Waals surface area contributed by atoms with E-state index in [0.29, 0.717) is 6.61 Å². The number of anilines is 1. The van der Waals surface area contributed by atoms with Gasteiger partial charge >= 0.3 is 12.4 Å². The topological polar surface area (TPSA) is 86.5 Å². The molecule has 1 atom stereocenters. The Hall–Kier alpha value is -2.62. The Morgan fingerprint density at radius 3 is 2.88 bits per heavy atom. The second-order valence-corrected chi connectivity index (χ2v) is 4.98. The van der Waals surface area contributed by atoms with Gasteiger partial charge in [0.15, 0.2) is 0 Å². The molecule has 3 rings (SSSR count). The standard InChI is InChI=1S/C14H12F3N3O4/c15-14(16,17)24-9-4-1-3-8(7-9)11(21)18-13-20-19-12(23-13)10-5-2-6-22-10/h1,3-4,7,10H,2,5-6H2,(H,18,20,21). The minimum Gasteiger partial charge on any atom is -0.406 e. The largest absolute Gasteiger partial charge is 0.573 e. The summed E-state index contributed by atoms with van der Waals surface area (Å²) in [5, 5.41) is 9.77. The van der Waals surface area contributed by atoms with Crippen molar-refractivity contribution in [3.05, 3.63) is 35.7 Å². The number of benzene rings is 1. The van der Waals surface area contributed by atoms with Gasteiger partial charge in [-0.25, -0.2) is 0 Å². The highest BCUT2D eigenvalue weighted by Crippen LogP contribution is 2.28. The predicted molar refractivity (Wildman–Crippen MR) is 73.3 cm³/mol. The van der Waals surface area contributed by atoms with Crippen molar-refractivity contribution in [2.45, 2.75) is 25.3 Å². The second kappa shape index (κ2) is 6.48. The fourth-order valence-electron chi connectivity index (χ4n) is 2.19. The van der Waals surface area contributed by atoms with Gasteiger partial charge < -0.3 is 13.9 Å². The number of amides is 1. The van der Waals surface area contributed by atoms with Crippen molar-refractivity contribution in [3.63, 3.8) is 0 Å². The van der Waals surface area contributed by atoms with E-state index in [0.717, 1.165) is 25.0 Å². The molecule has 0 radical (unpaired) electrons. The number of carbonyl (C=O) groups excluding carboxylic acids is 1. The summed E-state index contributed by atoms with van der Waals surface area (Å²) in [4.78, 5) is 12.1. The third kappa shape index (κ3) is 4.02. The van der Waals surface area contributed by atoms with Crippen LogP contribution in [-0.2, 0) is 4.74 Å². The Kier molecular flexibility index (Phi) is 4.38. The molecule has 1 unspecified atom stereocenters. The highest BCUT2D eigenvalue weighted by molar-refractivity contribution is 6.03. The number of ether oxygens (including phenoxy) is 2. The van der Waals surface area contributed by atoms with Crippen LogP contribution >= 0.6 is 0 Å². The van der Waals surface area contributed by atoms with Crippen LogP contribution in [0.5, 0.6) is 5.75 Å². The monoisotopic (exact) mass is 343 g/mol. The summed E-state index contributed by atoms with van der Waals surface area (Å²) in [6, 6.07) is 4.48. The van der Waals surface area contributed by atoms with Gasteiger partial charge in [0.05, 0.1) is 0 Å². The molecule has 1 saturated heterocycles. The zero-order valence-electron chi connectivity index (χ0n) is 12.2. The second-order valence-electron chi connectivity index (χ2n) is 4.98. The van der Waals surface area contributed by atoms with E-state index >= 15 is 0 Å². The van der Waals surface area contributed by atoms with Crippen molar-refractivity contribution in [2.75, 3.05) is 11.9 Å². The third-order valence-corrected chi connectivity index (χ3v) is 3.20. The summed E-state index contributed by atoms with van der Waals surface area (Å²) in [5.74, 6) is -0.956. The Labute approximate surface area is 133 Å². The van der Waals surface area contributed by atoms with Crippen molar-refractivity contribution in [1.29, 1.82) is 0 Å². The molecule has 1 N–H and O–H groups in total. The van der Waals surface area contributed by atoms with Gasteiger partial charge in [-0.3, -0.25) is 10.1 Å². The quantitative estimate of drug-likeness (QED) is 0.918. The van der Waals surface area contributed by atoms with Gasteiger partial charge in [0.2, 0.25) is 5.89 Å². The Balaban J connectivity index is 1.67. The molecule has 128 valence electrons. The molecule has 24 heavy (non-hydrogen) atoms. The maximum Gasteiger partial charge on any atom is 0.573 e. The normalized spacial score (nSPS) is 17.7. The first-order valence-electron chi connectivity index (χ1n) is 7.03. The molecule has 2 aromatic rings. The molecular formula is C14H12F3N3O4. The zero-order chi connectivity index (χ0) is 17.2. The van der Waals surface area contributed by atoms with E-state index in [1.807, 2.05) is 0 Å². The van der Waals surface area contributed by atoms with Crippen LogP contribution in [0.4, 0.5) is 19.2 Å². The zero-order valence-corrected chi connectivity index (χ0v) is 12.2. The molecular weight excluding hydrogens is 331 g/mol. The van der Waals surface area contributed by atoms with Gasteiger partial charge in [0, 0.05) is 12.2 Å². The minimum absolute atomic E-state index is 0.0476. The molecule has 1 aliphatic rings. The van der Waals surface area contributed by atoms with Crippen LogP contribution in [0.1, 0.15) is 35.2 Å². The molecule has 1 amide bonds. The summed E-state index contributed by atoms with van der Waals surface area (Å²) < 4.78 is 51.0. The summed E-state index contributed by atoms with van der Waals surface area (Å²) in [6.45, 7) is 0.598. The molecule has 1 aromatic carbocycles. The number of hydrogen-bond acceptors (Lipinski definition) is 6. The van der Waals surface area contributed by atoms with E-state index in [4.69, 9.17) is 9.15 Å². The van der Waals surface area contributed by atoms with Gasteiger partial charge in [-0.1, -0.05) is 11.2 Å². The average Bonchev–Trinajstić information content (AvgIpc) is 3.16. The number of hydrogen-bond donors (Lipinski definition) is 1. The number of rotatable bonds is 4. The average molecular weight is 343 g/mol. The number of alkyl halides is 3. The summed E-state index contributed by atoms with van der Waals surface area (Å²) in [5.41, 5.74) is -0.0476. The van der Waals surface area contributed by atoms with Crippen molar-refractivity contribution >= 4 is 11.9 Å². The van der Waals surface area contributed by atoms with E-state index in [-0.39, 0.29) is 23.6 Å². The van der Waals surface area contributed by atoms with E-state index in [1.165, 1.54) is 12.1 Å². The lowest BCUT2D eigenvalue weighted by molar-refractivity contribution is -0.274. The van der Waals surface area contributed by atoms with Crippen LogP contribution < -0.4 is 10.1 Å². The van der Waals surface area contributed by atoms with Crippen molar-refractivity contribution in [3.8, 4) is 5.75 Å². The molecule has 1 aromatic heterocycles. The fourth-order valence-corrected chi connectivity index (χ4v) is 2.19. The van der Waals surface area contributed by atoms with Crippen molar-refractivity contribution < 1.29 is 31.9 Å². The van der Waals surface area contributed by atoms with Crippen LogP contribution in [-0.4, -0.2) is 29.1 Å². The van der Waals surface area contributed by atoms with Crippen LogP contribution in [0.25, 0.3) is 0 Å². The third-order valence-electron chi connectivity index (χ3n) is 3.20. The number of nitrogens with one attached hydrogen (secondary N) is 1. The van der Waals surface area contributed by atoms with Crippen molar-refractivity contribution in [2.24, 2.45) is 0 Å². The molecule has 0 spiro atoms. The van der Waals surface area contributed by atoms with E-state index in [2.05, 4.69) is 20.3 Å². The lowest BCUT2D eigenvalue weighted by Gasteiger charge is -2.09. The number of halogens is 3. The van der Waals surface area contributed by atoms with Gasteiger partial charge in [-0.05, 0) is 31.0 Å². The first-order chi connectivity index (χ1) is 11.4. The van der Waals surface area contributed by atoms with Gasteiger partial charge in [0.1, 0.15) is 11.9 Å². The highest BCUT2D eigenvalue weighted by Gasteiger charge is 2.31. The predicted octanol–water partition coefficient (Wildman–Crippen LogP) is 3.07. The minimum atomic E-state index is -4.84.